The maximum Gasteiger partial charge on any atom is 0.251 e. The third kappa shape index (κ3) is 4.43. The van der Waals surface area contributed by atoms with Crippen LogP contribution in [0.1, 0.15) is 28.3 Å². The van der Waals surface area contributed by atoms with Crippen LogP contribution in [0, 0.1) is 0 Å². The Kier molecular flexibility index (Phi) is 5.51. The fourth-order valence-corrected chi connectivity index (χ4v) is 2.27. The Labute approximate surface area is 124 Å². The Hall–Kier alpha value is -2.14. The van der Waals surface area contributed by atoms with Crippen molar-refractivity contribution in [3.63, 3.8) is 0 Å². The molecule has 112 valence electrons. The first-order valence-electron chi connectivity index (χ1n) is 7.07. The van der Waals surface area contributed by atoms with Gasteiger partial charge in [-0.25, -0.2) is 0 Å². The summed E-state index contributed by atoms with van der Waals surface area (Å²) in [7, 11) is 0. The normalized spacial score (nSPS) is 17.2. The molecule has 21 heavy (non-hydrogen) atoms. The van der Waals surface area contributed by atoms with Crippen LogP contribution in [-0.4, -0.2) is 38.1 Å². The zero-order valence-electron chi connectivity index (χ0n) is 11.9. The number of nitrogens with one attached hydrogen (secondary N) is 2. The lowest BCUT2D eigenvalue weighted by Crippen LogP contribution is -2.33. The van der Waals surface area contributed by atoms with Gasteiger partial charge in [0.1, 0.15) is 0 Å². The van der Waals surface area contributed by atoms with Crippen molar-refractivity contribution in [1.82, 2.24) is 10.6 Å². The van der Waals surface area contributed by atoms with Crippen LogP contribution >= 0.6 is 0 Å². The van der Waals surface area contributed by atoms with Crippen molar-refractivity contribution in [2.45, 2.75) is 12.3 Å². The van der Waals surface area contributed by atoms with Crippen molar-refractivity contribution >= 4 is 11.8 Å². The predicted molar refractivity (Wildman–Crippen MR) is 80.2 cm³/mol. The number of hydrogen-bond donors (Lipinski definition) is 2. The summed E-state index contributed by atoms with van der Waals surface area (Å²) in [5.41, 5.74) is 1.77. The summed E-state index contributed by atoms with van der Waals surface area (Å²) >= 11 is 0. The van der Waals surface area contributed by atoms with Crippen molar-refractivity contribution in [1.29, 1.82) is 0 Å². The predicted octanol–water partition coefficient (Wildman–Crippen LogP) is 1.22. The van der Waals surface area contributed by atoms with E-state index in [0.717, 1.165) is 25.2 Å². The minimum absolute atomic E-state index is 0.136. The second-order valence-electron chi connectivity index (χ2n) is 4.94. The lowest BCUT2D eigenvalue weighted by atomic mass is 9.96. The van der Waals surface area contributed by atoms with E-state index in [9.17, 15) is 9.59 Å². The number of amides is 2. The number of benzene rings is 1. The van der Waals surface area contributed by atoms with E-state index in [1.54, 1.807) is 6.07 Å². The highest BCUT2D eigenvalue weighted by Gasteiger charge is 2.18. The Morgan fingerprint density at radius 3 is 2.86 bits per heavy atom. The molecule has 0 saturated carbocycles. The van der Waals surface area contributed by atoms with E-state index < -0.39 is 0 Å². The molecule has 5 heteroatoms. The largest absolute Gasteiger partial charge is 0.381 e. The van der Waals surface area contributed by atoms with E-state index in [0.29, 0.717) is 24.6 Å². The molecule has 1 aromatic rings. The smallest absolute Gasteiger partial charge is 0.251 e. The molecule has 1 heterocycles. The van der Waals surface area contributed by atoms with E-state index in [1.165, 1.54) is 6.08 Å². The Morgan fingerprint density at radius 1 is 1.33 bits per heavy atom. The van der Waals surface area contributed by atoms with Crippen LogP contribution in [-0.2, 0) is 9.53 Å². The summed E-state index contributed by atoms with van der Waals surface area (Å²) in [5, 5.41) is 5.38. The number of carbonyl (C=O) groups is 2. The summed E-state index contributed by atoms with van der Waals surface area (Å²) in [4.78, 5) is 23.0. The van der Waals surface area contributed by atoms with Gasteiger partial charge in [0.25, 0.3) is 5.91 Å². The number of hydrogen-bond acceptors (Lipinski definition) is 3. The third-order valence-corrected chi connectivity index (χ3v) is 3.45. The lowest BCUT2D eigenvalue weighted by molar-refractivity contribution is -0.116. The SMILES string of the molecule is C=CC(=O)NCCNC(=O)c1cccc(C2CCOC2)c1. The summed E-state index contributed by atoms with van der Waals surface area (Å²) in [6, 6.07) is 7.62. The molecular weight excluding hydrogens is 268 g/mol. The molecule has 1 atom stereocenters. The van der Waals surface area contributed by atoms with Gasteiger partial charge in [0, 0.05) is 31.2 Å². The molecule has 0 radical (unpaired) electrons. The first-order valence-corrected chi connectivity index (χ1v) is 7.07. The van der Waals surface area contributed by atoms with Gasteiger partial charge >= 0.3 is 0 Å². The Bertz CT molecular complexity index is 522. The lowest BCUT2D eigenvalue weighted by Gasteiger charge is -2.10. The van der Waals surface area contributed by atoms with E-state index in [1.807, 2.05) is 18.2 Å². The van der Waals surface area contributed by atoms with Crippen LogP contribution in [0.15, 0.2) is 36.9 Å². The zero-order chi connectivity index (χ0) is 15.1. The van der Waals surface area contributed by atoms with Gasteiger partial charge in [-0.15, -0.1) is 0 Å². The molecule has 1 fully saturated rings. The molecule has 2 amide bonds. The Morgan fingerprint density at radius 2 is 2.14 bits per heavy atom. The minimum Gasteiger partial charge on any atom is -0.381 e. The summed E-state index contributed by atoms with van der Waals surface area (Å²) in [6.45, 7) is 5.63. The second-order valence-corrected chi connectivity index (χ2v) is 4.94. The van der Waals surface area contributed by atoms with E-state index in [4.69, 9.17) is 4.74 Å². The van der Waals surface area contributed by atoms with Gasteiger partial charge in [0.15, 0.2) is 0 Å². The number of carbonyl (C=O) groups excluding carboxylic acids is 2. The van der Waals surface area contributed by atoms with Crippen molar-refractivity contribution < 1.29 is 14.3 Å². The molecule has 0 spiro atoms. The summed E-state index contributed by atoms with van der Waals surface area (Å²) in [6.07, 6.45) is 2.20. The van der Waals surface area contributed by atoms with Crippen LogP contribution in [0.2, 0.25) is 0 Å². The van der Waals surface area contributed by atoms with Gasteiger partial charge in [-0.2, -0.15) is 0 Å². The first kappa shape index (κ1) is 15.3. The molecular formula is C16H20N2O3. The first-order chi connectivity index (χ1) is 10.2. The highest BCUT2D eigenvalue weighted by Crippen LogP contribution is 2.25. The van der Waals surface area contributed by atoms with Crippen molar-refractivity contribution in [2.24, 2.45) is 0 Å². The van der Waals surface area contributed by atoms with Crippen LogP contribution in [0.3, 0.4) is 0 Å². The van der Waals surface area contributed by atoms with E-state index in [2.05, 4.69) is 17.2 Å². The molecule has 0 aromatic heterocycles. The zero-order valence-corrected chi connectivity index (χ0v) is 11.9. The van der Waals surface area contributed by atoms with Gasteiger partial charge in [0.2, 0.25) is 5.91 Å². The maximum absolute atomic E-state index is 12.1. The van der Waals surface area contributed by atoms with Crippen molar-refractivity contribution in [3.05, 3.63) is 48.0 Å². The molecule has 1 saturated heterocycles. The fraction of sp³-hybridized carbons (Fsp3) is 0.375. The molecule has 1 unspecified atom stereocenters. The van der Waals surface area contributed by atoms with Crippen LogP contribution in [0.4, 0.5) is 0 Å². The van der Waals surface area contributed by atoms with Crippen LogP contribution in [0.25, 0.3) is 0 Å². The van der Waals surface area contributed by atoms with E-state index in [-0.39, 0.29) is 11.8 Å². The molecule has 1 aromatic carbocycles. The second kappa shape index (κ2) is 7.59. The molecule has 5 nitrogen and oxygen atoms in total. The molecule has 1 aliphatic rings. The average Bonchev–Trinajstić information content (AvgIpc) is 3.05. The standard InChI is InChI=1S/C16H20N2O3/c1-2-15(19)17-7-8-18-16(20)13-5-3-4-12(10-13)14-6-9-21-11-14/h2-5,10,14H,1,6-9,11H2,(H,17,19)(H,18,20). The van der Waals surface area contributed by atoms with Gasteiger partial charge in [0.05, 0.1) is 6.61 Å². The number of ether oxygens (including phenoxy) is 1. The van der Waals surface area contributed by atoms with Crippen molar-refractivity contribution in [2.75, 3.05) is 26.3 Å². The third-order valence-electron chi connectivity index (χ3n) is 3.45. The molecule has 2 rings (SSSR count). The van der Waals surface area contributed by atoms with Crippen LogP contribution in [0.5, 0.6) is 0 Å². The molecule has 1 aliphatic heterocycles. The summed E-state index contributed by atoms with van der Waals surface area (Å²) in [5.74, 6) is 0.000673. The van der Waals surface area contributed by atoms with Crippen LogP contribution < -0.4 is 10.6 Å². The fourth-order valence-electron chi connectivity index (χ4n) is 2.27. The Balaban J connectivity index is 1.85. The average molecular weight is 288 g/mol. The van der Waals surface area contributed by atoms with Gasteiger partial charge < -0.3 is 15.4 Å². The quantitative estimate of drug-likeness (QED) is 0.611. The van der Waals surface area contributed by atoms with Gasteiger partial charge in [-0.3, -0.25) is 9.59 Å². The van der Waals surface area contributed by atoms with E-state index >= 15 is 0 Å². The number of rotatable bonds is 6. The van der Waals surface area contributed by atoms with Crippen molar-refractivity contribution in [3.8, 4) is 0 Å². The summed E-state index contributed by atoms with van der Waals surface area (Å²) < 4.78 is 5.38. The topological polar surface area (TPSA) is 67.4 Å². The van der Waals surface area contributed by atoms with Gasteiger partial charge in [-0.1, -0.05) is 18.7 Å². The highest BCUT2D eigenvalue weighted by atomic mass is 16.5. The maximum atomic E-state index is 12.1. The van der Waals surface area contributed by atoms with Gasteiger partial charge in [-0.05, 0) is 30.2 Å². The highest BCUT2D eigenvalue weighted by molar-refractivity contribution is 5.94. The molecule has 2 N–H and O–H groups in total. The molecule has 0 bridgehead atoms. The molecule has 0 aliphatic carbocycles. The monoisotopic (exact) mass is 288 g/mol. The minimum atomic E-state index is -0.243.